The Bertz CT molecular complexity index is 741. The number of hydrogen-bond acceptors (Lipinski definition) is 4. The van der Waals surface area contributed by atoms with Crippen LogP contribution in [0.15, 0.2) is 49.1 Å². The lowest BCUT2D eigenvalue weighted by atomic mass is 10.0. The number of nitrogens with one attached hydrogen (secondary N) is 1. The van der Waals surface area contributed by atoms with Crippen LogP contribution in [-0.4, -0.2) is 34.9 Å². The van der Waals surface area contributed by atoms with Crippen LogP contribution in [0.5, 0.6) is 5.75 Å². The van der Waals surface area contributed by atoms with Gasteiger partial charge in [-0.05, 0) is 28.5 Å². The maximum absolute atomic E-state index is 11.5. The van der Waals surface area contributed by atoms with Crippen molar-refractivity contribution in [2.45, 2.75) is 12.5 Å². The van der Waals surface area contributed by atoms with E-state index in [0.717, 1.165) is 16.3 Å². The molecule has 2 aromatic carbocycles. The number of phenolic OH excluding ortho intramolecular Hbond substituents is 1. The molecule has 0 aliphatic carbocycles. The third kappa shape index (κ3) is 4.47. The lowest BCUT2D eigenvalue weighted by molar-refractivity contribution is -0.139. The van der Waals surface area contributed by atoms with E-state index in [1.165, 1.54) is 6.08 Å². The van der Waals surface area contributed by atoms with Crippen LogP contribution >= 0.6 is 0 Å². The van der Waals surface area contributed by atoms with E-state index in [9.17, 15) is 19.8 Å². The van der Waals surface area contributed by atoms with Gasteiger partial charge in [0, 0.05) is 6.42 Å². The molecule has 2 aromatic rings. The molecule has 0 aliphatic rings. The average Bonchev–Trinajstić information content (AvgIpc) is 2.52. The van der Waals surface area contributed by atoms with Gasteiger partial charge in [-0.15, -0.1) is 0 Å². The first-order valence-electron chi connectivity index (χ1n) is 6.98. The van der Waals surface area contributed by atoms with Crippen molar-refractivity contribution in [2.75, 3.05) is 6.61 Å². The van der Waals surface area contributed by atoms with Crippen molar-refractivity contribution in [2.24, 2.45) is 0 Å². The van der Waals surface area contributed by atoms with Gasteiger partial charge in [0.25, 0.3) is 0 Å². The summed E-state index contributed by atoms with van der Waals surface area (Å²) in [5.41, 5.74) is 0.750. The molecule has 6 heteroatoms. The summed E-state index contributed by atoms with van der Waals surface area (Å²) < 4.78 is 4.73. The summed E-state index contributed by atoms with van der Waals surface area (Å²) in [5, 5.41) is 22.7. The third-order valence-corrected chi connectivity index (χ3v) is 3.25. The number of carboxylic acid groups (broad SMARTS) is 1. The largest absolute Gasteiger partial charge is 0.508 e. The molecule has 3 N–H and O–H groups in total. The van der Waals surface area contributed by atoms with Crippen LogP contribution in [0.2, 0.25) is 0 Å². The van der Waals surface area contributed by atoms with Gasteiger partial charge in [-0.3, -0.25) is 0 Å². The SMILES string of the molecule is C=CCOC(=O)NC(Cc1ccc2cc(O)ccc2c1)C(=O)O. The second kappa shape index (κ2) is 7.31. The van der Waals surface area contributed by atoms with E-state index in [1.54, 1.807) is 30.3 Å². The van der Waals surface area contributed by atoms with Crippen LogP contribution in [0.25, 0.3) is 10.8 Å². The second-order valence-electron chi connectivity index (χ2n) is 4.99. The molecule has 1 atom stereocenters. The molecule has 1 amide bonds. The number of fused-ring (bicyclic) bond motifs is 1. The van der Waals surface area contributed by atoms with Gasteiger partial charge < -0.3 is 20.3 Å². The van der Waals surface area contributed by atoms with E-state index in [4.69, 9.17) is 4.74 Å². The highest BCUT2D eigenvalue weighted by atomic mass is 16.5. The maximum atomic E-state index is 11.5. The summed E-state index contributed by atoms with van der Waals surface area (Å²) in [6.45, 7) is 3.42. The molecule has 0 saturated heterocycles. The zero-order valence-corrected chi connectivity index (χ0v) is 12.4. The Morgan fingerprint density at radius 1 is 1.22 bits per heavy atom. The first-order valence-corrected chi connectivity index (χ1v) is 6.98. The van der Waals surface area contributed by atoms with Crippen molar-refractivity contribution in [3.63, 3.8) is 0 Å². The molecule has 6 nitrogen and oxygen atoms in total. The van der Waals surface area contributed by atoms with Gasteiger partial charge in [0.2, 0.25) is 0 Å². The number of ether oxygens (including phenoxy) is 1. The van der Waals surface area contributed by atoms with Gasteiger partial charge in [0.15, 0.2) is 0 Å². The van der Waals surface area contributed by atoms with Gasteiger partial charge in [-0.2, -0.15) is 0 Å². The minimum atomic E-state index is -1.15. The normalized spacial score (nSPS) is 11.7. The van der Waals surface area contributed by atoms with Crippen molar-refractivity contribution in [1.82, 2.24) is 5.32 Å². The fourth-order valence-electron chi connectivity index (χ4n) is 2.16. The number of alkyl carbamates (subject to hydrolysis) is 1. The number of aliphatic carboxylic acids is 1. The van der Waals surface area contributed by atoms with Crippen molar-refractivity contribution in [3.8, 4) is 5.75 Å². The molecule has 23 heavy (non-hydrogen) atoms. The predicted molar refractivity (Wildman–Crippen MR) is 85.4 cm³/mol. The minimum absolute atomic E-state index is 0.0115. The number of rotatable bonds is 6. The van der Waals surface area contributed by atoms with Crippen LogP contribution in [0, 0.1) is 0 Å². The summed E-state index contributed by atoms with van der Waals surface area (Å²) in [5.74, 6) is -0.980. The molecule has 2 rings (SSSR count). The Labute approximate surface area is 133 Å². The van der Waals surface area contributed by atoms with Gasteiger partial charge in [-0.1, -0.05) is 36.9 Å². The molecular formula is C17H17NO5. The Morgan fingerprint density at radius 2 is 1.91 bits per heavy atom. The van der Waals surface area contributed by atoms with Crippen LogP contribution < -0.4 is 5.32 Å². The van der Waals surface area contributed by atoms with Crippen LogP contribution in [0.1, 0.15) is 5.56 Å². The number of carboxylic acids is 1. The lowest BCUT2D eigenvalue weighted by Crippen LogP contribution is -2.42. The lowest BCUT2D eigenvalue weighted by Gasteiger charge is -2.14. The molecule has 0 aliphatic heterocycles. The first-order chi connectivity index (χ1) is 11.0. The topological polar surface area (TPSA) is 95.9 Å². The molecule has 0 heterocycles. The Hall–Kier alpha value is -3.02. The number of phenols is 1. The number of carbonyl (C=O) groups excluding carboxylic acids is 1. The molecule has 120 valence electrons. The van der Waals surface area contributed by atoms with Gasteiger partial charge in [0.1, 0.15) is 18.4 Å². The standard InChI is InChI=1S/C17H17NO5/c1-2-7-23-17(22)18-15(16(20)21)9-11-3-4-13-10-14(19)6-5-12(13)8-11/h2-6,8,10,15,19H,1,7,9H2,(H,18,22)(H,20,21). The molecule has 0 fully saturated rings. The van der Waals surface area contributed by atoms with Gasteiger partial charge in [0.05, 0.1) is 0 Å². The number of aromatic hydroxyl groups is 1. The predicted octanol–water partition coefficient (Wildman–Crippen LogP) is 2.45. The van der Waals surface area contributed by atoms with Gasteiger partial charge in [-0.25, -0.2) is 9.59 Å². The van der Waals surface area contributed by atoms with Crippen molar-refractivity contribution in [3.05, 3.63) is 54.6 Å². The fraction of sp³-hybridized carbons (Fsp3) is 0.176. The van der Waals surface area contributed by atoms with E-state index in [0.29, 0.717) is 0 Å². The zero-order valence-electron chi connectivity index (χ0n) is 12.4. The minimum Gasteiger partial charge on any atom is -0.508 e. The summed E-state index contributed by atoms with van der Waals surface area (Å²) in [6, 6.07) is 9.21. The average molecular weight is 315 g/mol. The van der Waals surface area contributed by atoms with Crippen LogP contribution in [0.4, 0.5) is 4.79 Å². The maximum Gasteiger partial charge on any atom is 0.408 e. The highest BCUT2D eigenvalue weighted by Gasteiger charge is 2.21. The number of hydrogen-bond donors (Lipinski definition) is 3. The highest BCUT2D eigenvalue weighted by molar-refractivity contribution is 5.85. The van der Waals surface area contributed by atoms with Crippen LogP contribution in [-0.2, 0) is 16.0 Å². The molecule has 0 aromatic heterocycles. The van der Waals surface area contributed by atoms with Gasteiger partial charge >= 0.3 is 12.1 Å². The van der Waals surface area contributed by atoms with E-state index in [-0.39, 0.29) is 18.8 Å². The van der Waals surface area contributed by atoms with E-state index < -0.39 is 18.1 Å². The molecule has 0 saturated carbocycles. The monoisotopic (exact) mass is 315 g/mol. The Kier molecular flexibility index (Phi) is 5.19. The molecule has 0 spiro atoms. The smallest absolute Gasteiger partial charge is 0.408 e. The van der Waals surface area contributed by atoms with Crippen LogP contribution in [0.3, 0.4) is 0 Å². The summed E-state index contributed by atoms with van der Waals surface area (Å²) >= 11 is 0. The summed E-state index contributed by atoms with van der Waals surface area (Å²) in [4.78, 5) is 22.8. The second-order valence-corrected chi connectivity index (χ2v) is 4.99. The zero-order chi connectivity index (χ0) is 16.8. The van der Waals surface area contributed by atoms with Crippen molar-refractivity contribution in [1.29, 1.82) is 0 Å². The molecular weight excluding hydrogens is 298 g/mol. The first kappa shape index (κ1) is 16.4. The fourth-order valence-corrected chi connectivity index (χ4v) is 2.16. The number of benzene rings is 2. The molecule has 0 radical (unpaired) electrons. The van der Waals surface area contributed by atoms with Crippen molar-refractivity contribution < 1.29 is 24.5 Å². The quantitative estimate of drug-likeness (QED) is 0.712. The van der Waals surface area contributed by atoms with E-state index in [1.807, 2.05) is 6.07 Å². The Balaban J connectivity index is 2.13. The molecule has 0 bridgehead atoms. The summed E-state index contributed by atoms with van der Waals surface area (Å²) in [7, 11) is 0. The third-order valence-electron chi connectivity index (χ3n) is 3.25. The van der Waals surface area contributed by atoms with E-state index in [2.05, 4.69) is 11.9 Å². The number of amides is 1. The van der Waals surface area contributed by atoms with E-state index >= 15 is 0 Å². The molecule has 1 unspecified atom stereocenters. The Morgan fingerprint density at radius 3 is 2.61 bits per heavy atom. The highest BCUT2D eigenvalue weighted by Crippen LogP contribution is 2.21. The van der Waals surface area contributed by atoms with Crippen molar-refractivity contribution >= 4 is 22.8 Å². The summed E-state index contributed by atoms with van der Waals surface area (Å²) in [6.07, 6.45) is 0.715. The number of carbonyl (C=O) groups is 2.